The highest BCUT2D eigenvalue weighted by molar-refractivity contribution is 6.01. The molecule has 1 aliphatic heterocycles. The second kappa shape index (κ2) is 16.0. The average Bonchev–Trinajstić information content (AvgIpc) is 3.04. The number of aliphatic carboxylic acids is 1. The standard InChI is InChI=1S/C24H27NO4.C13H15F3N2O/c1-25(2)15-17-11-13-21(28-3)23(24(17)29-4)20-10-6-8-18-16(12-14-22(26)27)7-5-9-19(18)20;14-10-3-1-2-9(11(10)12(17)19)8-18-6-4-13(15,16)5-7-18/h5-11,13H,12,14-15H2,1-4H3,(H,26,27);1-3H,4-8H2,(H2,17,19). The van der Waals surface area contributed by atoms with E-state index < -0.39 is 23.6 Å². The molecule has 0 radical (unpaired) electrons. The third-order valence-electron chi connectivity index (χ3n) is 8.33. The largest absolute Gasteiger partial charge is 0.496 e. The Balaban J connectivity index is 0.000000237. The number of carboxylic acid groups (broad SMARTS) is 1. The number of hydrogen-bond donors (Lipinski definition) is 2. The number of nitrogens with zero attached hydrogens (tertiary/aromatic N) is 2. The first-order valence-electron chi connectivity index (χ1n) is 15.6. The van der Waals surface area contributed by atoms with Crippen LogP contribution in [0.5, 0.6) is 11.5 Å². The van der Waals surface area contributed by atoms with Crippen molar-refractivity contribution in [1.29, 1.82) is 0 Å². The molecule has 0 saturated carbocycles. The van der Waals surface area contributed by atoms with Crippen LogP contribution in [0.4, 0.5) is 13.2 Å². The number of alkyl halides is 2. The molecule has 0 aromatic heterocycles. The summed E-state index contributed by atoms with van der Waals surface area (Å²) in [6, 6.07) is 20.4. The lowest BCUT2D eigenvalue weighted by atomic mass is 9.92. The Morgan fingerprint density at radius 1 is 0.896 bits per heavy atom. The summed E-state index contributed by atoms with van der Waals surface area (Å²) in [4.78, 5) is 26.2. The van der Waals surface area contributed by atoms with Crippen LogP contribution in [-0.4, -0.2) is 74.1 Å². The van der Waals surface area contributed by atoms with E-state index in [2.05, 4.69) is 17.0 Å². The number of piperidine rings is 1. The quantitative estimate of drug-likeness (QED) is 0.183. The lowest BCUT2D eigenvalue weighted by Crippen LogP contribution is -2.39. The van der Waals surface area contributed by atoms with Gasteiger partial charge in [-0.1, -0.05) is 54.6 Å². The molecule has 4 aromatic rings. The third-order valence-corrected chi connectivity index (χ3v) is 8.33. The summed E-state index contributed by atoms with van der Waals surface area (Å²) < 4.78 is 51.1. The molecule has 4 aromatic carbocycles. The maximum atomic E-state index is 13.5. The van der Waals surface area contributed by atoms with Crippen LogP contribution in [0, 0.1) is 5.82 Å². The maximum Gasteiger partial charge on any atom is 0.303 e. The monoisotopic (exact) mass is 665 g/mol. The van der Waals surface area contributed by atoms with Crippen LogP contribution in [0.25, 0.3) is 21.9 Å². The molecule has 48 heavy (non-hydrogen) atoms. The van der Waals surface area contributed by atoms with Crippen LogP contribution in [-0.2, 0) is 24.3 Å². The minimum Gasteiger partial charge on any atom is -0.496 e. The van der Waals surface area contributed by atoms with Gasteiger partial charge in [0.05, 0.1) is 25.3 Å². The van der Waals surface area contributed by atoms with Crippen molar-refractivity contribution in [3.8, 4) is 22.6 Å². The smallest absolute Gasteiger partial charge is 0.303 e. The number of carbonyl (C=O) groups is 2. The molecule has 3 N–H and O–H groups in total. The third kappa shape index (κ3) is 8.84. The predicted molar refractivity (Wildman–Crippen MR) is 180 cm³/mol. The van der Waals surface area contributed by atoms with Gasteiger partial charge in [-0.05, 0) is 60.1 Å². The second-order valence-electron chi connectivity index (χ2n) is 12.1. The summed E-state index contributed by atoms with van der Waals surface area (Å²) in [5.74, 6) is -3.39. The number of benzene rings is 4. The van der Waals surface area contributed by atoms with Crippen molar-refractivity contribution in [3.63, 3.8) is 0 Å². The van der Waals surface area contributed by atoms with E-state index in [4.69, 9.17) is 20.3 Å². The number of primary amides is 1. The van der Waals surface area contributed by atoms with Gasteiger partial charge in [-0.25, -0.2) is 13.2 Å². The van der Waals surface area contributed by atoms with Gasteiger partial charge in [-0.15, -0.1) is 0 Å². The SMILES string of the molecule is COc1ccc(CN(C)C)c(OC)c1-c1cccc2c(CCC(=O)O)cccc12.NC(=O)c1c(F)cccc1CN1CCC(F)(F)CC1. The maximum absolute atomic E-state index is 13.5. The van der Waals surface area contributed by atoms with Gasteiger partial charge in [0, 0.05) is 51.0 Å². The van der Waals surface area contributed by atoms with Crippen molar-refractivity contribution in [3.05, 3.63) is 94.8 Å². The lowest BCUT2D eigenvalue weighted by Gasteiger charge is -2.32. The molecule has 0 bridgehead atoms. The molecule has 11 heteroatoms. The van der Waals surface area contributed by atoms with Crippen LogP contribution in [0.2, 0.25) is 0 Å². The Morgan fingerprint density at radius 2 is 1.54 bits per heavy atom. The van der Waals surface area contributed by atoms with E-state index in [1.165, 1.54) is 6.07 Å². The molecule has 1 aliphatic rings. The van der Waals surface area contributed by atoms with Gasteiger partial charge in [0.2, 0.25) is 0 Å². The molecule has 1 saturated heterocycles. The van der Waals surface area contributed by atoms with Crippen molar-refractivity contribution in [2.75, 3.05) is 41.4 Å². The van der Waals surface area contributed by atoms with Crippen LogP contribution in [0.15, 0.2) is 66.7 Å². The Labute approximate surface area is 278 Å². The van der Waals surface area contributed by atoms with Crippen molar-refractivity contribution in [2.45, 2.75) is 44.7 Å². The normalized spacial score (nSPS) is 14.3. The molecule has 0 atom stereocenters. The first-order valence-corrected chi connectivity index (χ1v) is 15.6. The van der Waals surface area contributed by atoms with Gasteiger partial charge >= 0.3 is 5.97 Å². The van der Waals surface area contributed by atoms with E-state index in [1.807, 2.05) is 50.5 Å². The Kier molecular flexibility index (Phi) is 12.1. The van der Waals surface area contributed by atoms with Gasteiger partial charge in [0.15, 0.2) is 0 Å². The summed E-state index contributed by atoms with van der Waals surface area (Å²) in [7, 11) is 7.39. The van der Waals surface area contributed by atoms with E-state index in [0.29, 0.717) is 12.0 Å². The van der Waals surface area contributed by atoms with Crippen molar-refractivity contribution in [2.24, 2.45) is 5.73 Å². The fourth-order valence-electron chi connectivity index (χ4n) is 6.04. The van der Waals surface area contributed by atoms with Crippen LogP contribution in [0.1, 0.15) is 46.3 Å². The van der Waals surface area contributed by atoms with Gasteiger partial charge < -0.3 is 25.2 Å². The average molecular weight is 666 g/mol. The van der Waals surface area contributed by atoms with E-state index in [-0.39, 0.29) is 44.5 Å². The number of likely N-dealkylation sites (tertiary alicyclic amines) is 1. The van der Waals surface area contributed by atoms with Crippen LogP contribution in [0.3, 0.4) is 0 Å². The number of rotatable bonds is 11. The molecule has 256 valence electrons. The Morgan fingerprint density at radius 3 is 2.17 bits per heavy atom. The molecular weight excluding hydrogens is 623 g/mol. The Hall–Kier alpha value is -4.61. The summed E-state index contributed by atoms with van der Waals surface area (Å²) >= 11 is 0. The zero-order valence-electron chi connectivity index (χ0n) is 27.7. The molecule has 5 rings (SSSR count). The molecule has 1 fully saturated rings. The van der Waals surface area contributed by atoms with E-state index in [9.17, 15) is 22.8 Å². The number of nitrogens with two attached hydrogens (primary N) is 1. The molecule has 0 unspecified atom stereocenters. The van der Waals surface area contributed by atoms with E-state index in [1.54, 1.807) is 25.2 Å². The number of methoxy groups -OCH3 is 2. The number of hydrogen-bond acceptors (Lipinski definition) is 6. The number of amides is 1. The molecular formula is C37H42F3N3O5. The number of ether oxygens (including phenoxy) is 2. The van der Waals surface area contributed by atoms with Gasteiger partial charge in [0.1, 0.15) is 17.3 Å². The first kappa shape index (κ1) is 36.2. The van der Waals surface area contributed by atoms with Crippen molar-refractivity contribution in [1.82, 2.24) is 9.80 Å². The van der Waals surface area contributed by atoms with E-state index >= 15 is 0 Å². The topological polar surface area (TPSA) is 105 Å². The lowest BCUT2D eigenvalue weighted by molar-refractivity contribution is -0.136. The molecule has 1 heterocycles. The fraction of sp³-hybridized carbons (Fsp3) is 0.351. The number of halogens is 3. The minimum absolute atomic E-state index is 0.105. The van der Waals surface area contributed by atoms with Crippen LogP contribution >= 0.6 is 0 Å². The second-order valence-corrected chi connectivity index (χ2v) is 12.1. The van der Waals surface area contributed by atoms with Gasteiger partial charge in [0.25, 0.3) is 11.8 Å². The van der Waals surface area contributed by atoms with Crippen molar-refractivity contribution < 1.29 is 37.3 Å². The van der Waals surface area contributed by atoms with E-state index in [0.717, 1.165) is 57.1 Å². The van der Waals surface area contributed by atoms with Gasteiger partial charge in [-0.2, -0.15) is 0 Å². The fourth-order valence-corrected chi connectivity index (χ4v) is 6.04. The first-order chi connectivity index (χ1) is 22.8. The number of carboxylic acids is 1. The summed E-state index contributed by atoms with van der Waals surface area (Å²) in [5, 5.41) is 11.2. The zero-order valence-corrected chi connectivity index (χ0v) is 27.7. The highest BCUT2D eigenvalue weighted by atomic mass is 19.3. The summed E-state index contributed by atoms with van der Waals surface area (Å²) in [6.07, 6.45) is 0.168. The predicted octanol–water partition coefficient (Wildman–Crippen LogP) is 6.76. The number of carbonyl (C=O) groups excluding carboxylic acids is 1. The zero-order chi connectivity index (χ0) is 35.0. The number of fused-ring (bicyclic) bond motifs is 1. The van der Waals surface area contributed by atoms with Gasteiger partial charge in [-0.3, -0.25) is 14.5 Å². The molecule has 0 spiro atoms. The highest BCUT2D eigenvalue weighted by Gasteiger charge is 2.34. The molecule has 1 amide bonds. The highest BCUT2D eigenvalue weighted by Crippen LogP contribution is 2.44. The Bertz CT molecular complexity index is 1750. The minimum atomic E-state index is -2.62. The molecule has 0 aliphatic carbocycles. The number of aryl methyl sites for hydroxylation is 1. The van der Waals surface area contributed by atoms with Crippen LogP contribution < -0.4 is 15.2 Å². The van der Waals surface area contributed by atoms with Crippen molar-refractivity contribution >= 4 is 22.6 Å². The summed E-state index contributed by atoms with van der Waals surface area (Å²) in [6.45, 7) is 1.45. The molecule has 8 nitrogen and oxygen atoms in total. The summed E-state index contributed by atoms with van der Waals surface area (Å²) in [5.41, 5.74) is 9.45.